The van der Waals surface area contributed by atoms with Crippen LogP contribution >= 0.6 is 11.6 Å². The van der Waals surface area contributed by atoms with E-state index >= 15 is 0 Å². The second kappa shape index (κ2) is 7.72. The summed E-state index contributed by atoms with van der Waals surface area (Å²) in [7, 11) is 1.53. The molecule has 0 unspecified atom stereocenters. The second-order valence-electron chi connectivity index (χ2n) is 5.76. The van der Waals surface area contributed by atoms with Crippen LogP contribution in [0.3, 0.4) is 0 Å². The van der Waals surface area contributed by atoms with Crippen LogP contribution in [0.15, 0.2) is 30.5 Å². The number of carbonyl (C=O) groups excluding carboxylic acids is 1. The van der Waals surface area contributed by atoms with Gasteiger partial charge in [-0.3, -0.25) is 4.79 Å². The van der Waals surface area contributed by atoms with Gasteiger partial charge in [-0.1, -0.05) is 11.6 Å². The number of nitrogens with one attached hydrogen (secondary N) is 1. The van der Waals surface area contributed by atoms with Crippen LogP contribution in [0.2, 0.25) is 5.02 Å². The van der Waals surface area contributed by atoms with Gasteiger partial charge in [0, 0.05) is 24.2 Å². The Morgan fingerprint density at radius 1 is 1.32 bits per heavy atom. The Morgan fingerprint density at radius 3 is 2.72 bits per heavy atom. The van der Waals surface area contributed by atoms with Gasteiger partial charge in [0.1, 0.15) is 11.4 Å². The molecule has 0 aliphatic carbocycles. The molecule has 0 spiro atoms. The minimum absolute atomic E-state index is 0.298. The molecule has 25 heavy (non-hydrogen) atoms. The highest BCUT2D eigenvalue weighted by Crippen LogP contribution is 2.31. The fraction of sp³-hybridized carbons (Fsp3) is 0.333. The summed E-state index contributed by atoms with van der Waals surface area (Å²) in [6.07, 6.45) is 1.71. The Bertz CT molecular complexity index is 759. The lowest BCUT2D eigenvalue weighted by Gasteiger charge is -2.28. The van der Waals surface area contributed by atoms with Crippen molar-refractivity contribution in [3.8, 4) is 5.75 Å². The fourth-order valence-electron chi connectivity index (χ4n) is 2.65. The number of benzene rings is 1. The molecule has 6 nitrogen and oxygen atoms in total. The van der Waals surface area contributed by atoms with Gasteiger partial charge >= 0.3 is 0 Å². The lowest BCUT2D eigenvalue weighted by molar-refractivity contribution is 0.102. The number of methoxy groups -OCH3 is 1. The third-order valence-electron chi connectivity index (χ3n) is 4.09. The van der Waals surface area contributed by atoms with Crippen molar-refractivity contribution in [2.24, 2.45) is 0 Å². The summed E-state index contributed by atoms with van der Waals surface area (Å²) < 4.78 is 10.6. The molecule has 0 radical (unpaired) electrons. The Morgan fingerprint density at radius 2 is 2.08 bits per heavy atom. The van der Waals surface area contributed by atoms with Crippen LogP contribution in [0.25, 0.3) is 0 Å². The first-order chi connectivity index (χ1) is 12.1. The highest BCUT2D eigenvalue weighted by atomic mass is 35.5. The zero-order valence-corrected chi connectivity index (χ0v) is 15.0. The Hall–Kier alpha value is -2.31. The summed E-state index contributed by atoms with van der Waals surface area (Å²) >= 11 is 6.09. The summed E-state index contributed by atoms with van der Waals surface area (Å²) in [6, 6.07) is 7.08. The number of carbonyl (C=O) groups is 1. The average molecular weight is 362 g/mol. The van der Waals surface area contributed by atoms with E-state index in [2.05, 4.69) is 15.2 Å². The number of hydrogen-bond donors (Lipinski definition) is 1. The van der Waals surface area contributed by atoms with E-state index in [1.165, 1.54) is 7.11 Å². The number of pyridine rings is 1. The van der Waals surface area contributed by atoms with Gasteiger partial charge in [-0.2, -0.15) is 0 Å². The molecule has 3 rings (SSSR count). The van der Waals surface area contributed by atoms with Crippen LogP contribution in [-0.4, -0.2) is 44.3 Å². The number of amides is 1. The van der Waals surface area contributed by atoms with Gasteiger partial charge in [0.2, 0.25) is 0 Å². The first-order valence-corrected chi connectivity index (χ1v) is 8.40. The molecule has 7 heteroatoms. The van der Waals surface area contributed by atoms with Crippen molar-refractivity contribution in [1.82, 2.24) is 4.98 Å². The van der Waals surface area contributed by atoms with E-state index in [1.807, 2.05) is 13.0 Å². The average Bonchev–Trinajstić information content (AvgIpc) is 2.65. The van der Waals surface area contributed by atoms with Crippen LogP contribution in [0.1, 0.15) is 16.1 Å². The molecule has 1 aromatic heterocycles. The molecular weight excluding hydrogens is 342 g/mol. The molecular formula is C18H20ClN3O3. The number of anilines is 2. The van der Waals surface area contributed by atoms with Gasteiger partial charge in [-0.25, -0.2) is 4.98 Å². The van der Waals surface area contributed by atoms with Gasteiger partial charge in [-0.05, 0) is 30.7 Å². The van der Waals surface area contributed by atoms with E-state index in [0.29, 0.717) is 35.4 Å². The van der Waals surface area contributed by atoms with Crippen molar-refractivity contribution in [3.05, 3.63) is 46.7 Å². The van der Waals surface area contributed by atoms with E-state index in [-0.39, 0.29) is 5.91 Å². The van der Waals surface area contributed by atoms with E-state index < -0.39 is 0 Å². The minimum atomic E-state index is -0.298. The first-order valence-electron chi connectivity index (χ1n) is 8.02. The first kappa shape index (κ1) is 17.5. The number of aryl methyl sites for hydroxylation is 1. The maximum Gasteiger partial charge on any atom is 0.274 e. The van der Waals surface area contributed by atoms with Gasteiger partial charge in [0.15, 0.2) is 0 Å². The Kier molecular flexibility index (Phi) is 5.40. The van der Waals surface area contributed by atoms with Gasteiger partial charge in [-0.15, -0.1) is 0 Å². The topological polar surface area (TPSA) is 63.7 Å². The quantitative estimate of drug-likeness (QED) is 0.906. The Labute approximate surface area is 151 Å². The zero-order valence-electron chi connectivity index (χ0n) is 14.2. The predicted octanol–water partition coefficient (Wildman–Crippen LogP) is 3.14. The van der Waals surface area contributed by atoms with E-state index in [1.54, 1.807) is 24.4 Å². The maximum absolute atomic E-state index is 12.5. The van der Waals surface area contributed by atoms with E-state index in [4.69, 9.17) is 21.1 Å². The van der Waals surface area contributed by atoms with Crippen LogP contribution in [0.4, 0.5) is 11.4 Å². The van der Waals surface area contributed by atoms with Gasteiger partial charge in [0.05, 0.1) is 37.9 Å². The van der Waals surface area contributed by atoms with Crippen molar-refractivity contribution < 1.29 is 14.3 Å². The minimum Gasteiger partial charge on any atom is -0.495 e. The smallest absolute Gasteiger partial charge is 0.274 e. The van der Waals surface area contributed by atoms with Crippen LogP contribution in [-0.2, 0) is 4.74 Å². The highest BCUT2D eigenvalue weighted by molar-refractivity contribution is 6.31. The molecule has 1 aliphatic heterocycles. The van der Waals surface area contributed by atoms with Crippen molar-refractivity contribution in [2.75, 3.05) is 43.6 Å². The summed E-state index contributed by atoms with van der Waals surface area (Å²) in [5, 5.41) is 3.41. The largest absolute Gasteiger partial charge is 0.495 e. The molecule has 1 aromatic carbocycles. The maximum atomic E-state index is 12.5. The van der Waals surface area contributed by atoms with E-state index in [0.717, 1.165) is 24.3 Å². The van der Waals surface area contributed by atoms with Crippen molar-refractivity contribution in [2.45, 2.75) is 6.92 Å². The number of halogens is 1. The number of ether oxygens (including phenoxy) is 2. The third-order valence-corrected chi connectivity index (χ3v) is 4.49. The monoisotopic (exact) mass is 361 g/mol. The Balaban J connectivity index is 1.74. The van der Waals surface area contributed by atoms with Crippen molar-refractivity contribution in [3.63, 3.8) is 0 Å². The standard InChI is InChI=1S/C18H20ClN3O3/c1-12-9-16(17(24-2)10-14(12)19)21-18(23)15-4-3-13(11-20-15)22-5-7-25-8-6-22/h3-4,9-11H,5-8H2,1-2H3,(H,21,23). The number of hydrogen-bond acceptors (Lipinski definition) is 5. The SMILES string of the molecule is COc1cc(Cl)c(C)cc1NC(=O)c1ccc(N2CCOCC2)cn1. The van der Waals surface area contributed by atoms with Crippen LogP contribution in [0, 0.1) is 6.92 Å². The molecule has 132 valence electrons. The molecule has 1 fully saturated rings. The molecule has 1 N–H and O–H groups in total. The number of morpholine rings is 1. The summed E-state index contributed by atoms with van der Waals surface area (Å²) in [4.78, 5) is 18.9. The van der Waals surface area contributed by atoms with E-state index in [9.17, 15) is 4.79 Å². The second-order valence-corrected chi connectivity index (χ2v) is 6.16. The zero-order chi connectivity index (χ0) is 17.8. The number of aromatic nitrogens is 1. The lowest BCUT2D eigenvalue weighted by Crippen LogP contribution is -2.36. The summed E-state index contributed by atoms with van der Waals surface area (Å²) in [5.41, 5.74) is 2.74. The van der Waals surface area contributed by atoms with Crippen LogP contribution < -0.4 is 15.0 Å². The predicted molar refractivity (Wildman–Crippen MR) is 98.0 cm³/mol. The van der Waals surface area contributed by atoms with Crippen molar-refractivity contribution >= 4 is 28.9 Å². The van der Waals surface area contributed by atoms with Crippen LogP contribution in [0.5, 0.6) is 5.75 Å². The van der Waals surface area contributed by atoms with Gasteiger partial charge < -0.3 is 19.7 Å². The molecule has 1 amide bonds. The molecule has 0 atom stereocenters. The fourth-order valence-corrected chi connectivity index (χ4v) is 2.80. The molecule has 1 aliphatic rings. The number of nitrogens with zero attached hydrogens (tertiary/aromatic N) is 2. The lowest BCUT2D eigenvalue weighted by atomic mass is 10.2. The summed E-state index contributed by atoms with van der Waals surface area (Å²) in [5.74, 6) is 0.211. The number of rotatable bonds is 4. The molecule has 2 aromatic rings. The molecule has 1 saturated heterocycles. The van der Waals surface area contributed by atoms with Gasteiger partial charge in [0.25, 0.3) is 5.91 Å². The third kappa shape index (κ3) is 4.03. The molecule has 2 heterocycles. The normalized spacial score (nSPS) is 14.3. The highest BCUT2D eigenvalue weighted by Gasteiger charge is 2.15. The van der Waals surface area contributed by atoms with Crippen molar-refractivity contribution in [1.29, 1.82) is 0 Å². The molecule has 0 saturated carbocycles. The molecule has 0 bridgehead atoms. The summed E-state index contributed by atoms with van der Waals surface area (Å²) in [6.45, 7) is 4.94.